The highest BCUT2D eigenvalue weighted by atomic mass is 16.6. The van der Waals surface area contributed by atoms with Crippen LogP contribution in [0.4, 0.5) is 4.79 Å². The summed E-state index contributed by atoms with van der Waals surface area (Å²) in [6, 6.07) is 7.05. The second-order valence-corrected chi connectivity index (χ2v) is 8.53. The molecule has 6 nitrogen and oxygen atoms in total. The first-order chi connectivity index (χ1) is 14.6. The molecule has 1 aromatic carbocycles. The maximum Gasteiger partial charge on any atom is 0.409 e. The highest BCUT2D eigenvalue weighted by Crippen LogP contribution is 2.36. The number of rotatable bonds is 5. The molecule has 2 saturated heterocycles. The van der Waals surface area contributed by atoms with Gasteiger partial charge in [-0.05, 0) is 82.3 Å². The molecule has 1 aromatic heterocycles. The van der Waals surface area contributed by atoms with Gasteiger partial charge in [-0.25, -0.2) is 4.79 Å². The third-order valence-electron chi connectivity index (χ3n) is 6.78. The fourth-order valence-corrected chi connectivity index (χ4v) is 5.19. The van der Waals surface area contributed by atoms with Crippen molar-refractivity contribution in [3.05, 3.63) is 30.0 Å². The normalized spacial score (nSPS) is 19.4. The molecule has 4 rings (SSSR count). The molecule has 30 heavy (non-hydrogen) atoms. The second kappa shape index (κ2) is 9.29. The summed E-state index contributed by atoms with van der Waals surface area (Å²) < 4.78 is 13.1. The number of hydrogen-bond acceptors (Lipinski definition) is 4. The molecule has 0 saturated carbocycles. The van der Waals surface area contributed by atoms with Crippen LogP contribution in [-0.2, 0) is 11.8 Å². The van der Waals surface area contributed by atoms with Gasteiger partial charge in [-0.2, -0.15) is 0 Å². The Balaban J connectivity index is 1.37. The van der Waals surface area contributed by atoms with Crippen LogP contribution in [0.15, 0.2) is 24.4 Å². The third-order valence-corrected chi connectivity index (χ3v) is 6.78. The van der Waals surface area contributed by atoms with Crippen LogP contribution in [-0.4, -0.2) is 65.9 Å². The first-order valence-electron chi connectivity index (χ1n) is 11.5. The predicted octanol–water partition coefficient (Wildman–Crippen LogP) is 4.38. The minimum atomic E-state index is -0.156. The molecule has 0 N–H and O–H groups in total. The van der Waals surface area contributed by atoms with Crippen LogP contribution in [0.1, 0.15) is 51.0 Å². The van der Waals surface area contributed by atoms with E-state index in [4.69, 9.17) is 9.47 Å². The minimum Gasteiger partial charge on any atom is -0.494 e. The van der Waals surface area contributed by atoms with Crippen LogP contribution in [0.2, 0.25) is 0 Å². The second-order valence-electron chi connectivity index (χ2n) is 8.53. The Hall–Kier alpha value is -2.21. The van der Waals surface area contributed by atoms with E-state index in [0.717, 1.165) is 44.8 Å². The Kier molecular flexibility index (Phi) is 6.52. The molecule has 0 bridgehead atoms. The lowest BCUT2D eigenvalue weighted by Gasteiger charge is -2.41. The van der Waals surface area contributed by atoms with Gasteiger partial charge < -0.3 is 23.8 Å². The van der Waals surface area contributed by atoms with Crippen molar-refractivity contribution in [1.29, 1.82) is 0 Å². The molecule has 6 heteroatoms. The van der Waals surface area contributed by atoms with Crippen LogP contribution in [0.5, 0.6) is 5.75 Å². The average Bonchev–Trinajstić information content (AvgIpc) is 3.10. The Bertz CT molecular complexity index is 862. The van der Waals surface area contributed by atoms with Crippen molar-refractivity contribution in [3.63, 3.8) is 0 Å². The van der Waals surface area contributed by atoms with Gasteiger partial charge in [0.25, 0.3) is 0 Å². The molecular weight excluding hydrogens is 378 g/mol. The first kappa shape index (κ1) is 21.0. The van der Waals surface area contributed by atoms with E-state index in [0.29, 0.717) is 25.2 Å². The van der Waals surface area contributed by atoms with Crippen molar-refractivity contribution in [3.8, 4) is 5.75 Å². The highest BCUT2D eigenvalue weighted by molar-refractivity contribution is 5.86. The number of likely N-dealkylation sites (tertiary alicyclic amines) is 2. The highest BCUT2D eigenvalue weighted by Gasteiger charge is 2.31. The molecule has 0 radical (unpaired) electrons. The van der Waals surface area contributed by atoms with Crippen molar-refractivity contribution in [2.45, 2.75) is 51.5 Å². The number of ether oxygens (including phenoxy) is 2. The fourth-order valence-electron chi connectivity index (χ4n) is 5.19. The van der Waals surface area contributed by atoms with Crippen molar-refractivity contribution in [1.82, 2.24) is 14.4 Å². The maximum atomic E-state index is 11.9. The lowest BCUT2D eigenvalue weighted by molar-refractivity contribution is 0.0663. The topological polar surface area (TPSA) is 46.9 Å². The number of piperidine rings is 2. The zero-order valence-electron chi connectivity index (χ0n) is 18.6. The average molecular weight is 414 g/mol. The van der Waals surface area contributed by atoms with E-state index >= 15 is 0 Å². The van der Waals surface area contributed by atoms with Crippen molar-refractivity contribution in [2.75, 3.05) is 39.4 Å². The van der Waals surface area contributed by atoms with Gasteiger partial charge >= 0.3 is 6.09 Å². The number of carbonyl (C=O) groups excluding carboxylic acids is 1. The van der Waals surface area contributed by atoms with Gasteiger partial charge in [-0.1, -0.05) is 0 Å². The fraction of sp³-hybridized carbons (Fsp3) is 0.625. The molecular formula is C24H35N3O3. The molecule has 1 amide bonds. The number of benzene rings is 1. The molecule has 0 atom stereocenters. The van der Waals surface area contributed by atoms with Crippen LogP contribution < -0.4 is 4.74 Å². The van der Waals surface area contributed by atoms with Crippen molar-refractivity contribution < 1.29 is 14.3 Å². The smallest absolute Gasteiger partial charge is 0.409 e. The van der Waals surface area contributed by atoms with Crippen LogP contribution in [0.3, 0.4) is 0 Å². The summed E-state index contributed by atoms with van der Waals surface area (Å²) in [6.07, 6.45) is 6.65. The van der Waals surface area contributed by atoms with Crippen molar-refractivity contribution >= 4 is 17.0 Å². The van der Waals surface area contributed by atoms with Gasteiger partial charge in [0.05, 0.1) is 13.2 Å². The van der Waals surface area contributed by atoms with E-state index in [9.17, 15) is 4.79 Å². The molecule has 2 aliphatic heterocycles. The monoisotopic (exact) mass is 413 g/mol. The van der Waals surface area contributed by atoms with E-state index < -0.39 is 0 Å². The van der Waals surface area contributed by atoms with Gasteiger partial charge in [0, 0.05) is 43.3 Å². The Morgan fingerprint density at radius 3 is 2.43 bits per heavy atom. The van der Waals surface area contributed by atoms with Crippen LogP contribution in [0, 0.1) is 0 Å². The van der Waals surface area contributed by atoms with Gasteiger partial charge in [-0.15, -0.1) is 0 Å². The van der Waals surface area contributed by atoms with Crippen LogP contribution >= 0.6 is 0 Å². The molecule has 0 unspecified atom stereocenters. The summed E-state index contributed by atoms with van der Waals surface area (Å²) in [4.78, 5) is 16.4. The van der Waals surface area contributed by atoms with E-state index in [-0.39, 0.29) is 6.09 Å². The standard InChI is InChI=1S/C24H35N3O3/c1-4-29-20-6-7-23-21(16-20)22(17-25(23)3)18-8-12-26(13-9-18)19-10-14-27(15-11-19)24(28)30-5-2/h6-7,16-19H,4-5,8-15H2,1-3H3. The van der Waals surface area contributed by atoms with E-state index in [2.05, 4.69) is 40.9 Å². The van der Waals surface area contributed by atoms with Gasteiger partial charge in [0.15, 0.2) is 0 Å². The molecule has 164 valence electrons. The summed E-state index contributed by atoms with van der Waals surface area (Å²) in [6.45, 7) is 8.94. The summed E-state index contributed by atoms with van der Waals surface area (Å²) in [5.74, 6) is 1.56. The SMILES string of the molecule is CCOC(=O)N1CCC(N2CCC(c3cn(C)c4ccc(OCC)cc34)CC2)CC1. The Labute approximate surface area is 179 Å². The van der Waals surface area contributed by atoms with E-state index in [1.54, 1.807) is 0 Å². The number of fused-ring (bicyclic) bond motifs is 1. The van der Waals surface area contributed by atoms with Gasteiger partial charge in [0.1, 0.15) is 5.75 Å². The van der Waals surface area contributed by atoms with E-state index in [1.165, 1.54) is 29.3 Å². The lowest BCUT2D eigenvalue weighted by atomic mass is 9.87. The molecule has 0 spiro atoms. The van der Waals surface area contributed by atoms with Crippen LogP contribution in [0.25, 0.3) is 10.9 Å². The largest absolute Gasteiger partial charge is 0.494 e. The molecule has 2 aromatic rings. The maximum absolute atomic E-state index is 11.9. The lowest BCUT2D eigenvalue weighted by Crippen LogP contribution is -2.48. The minimum absolute atomic E-state index is 0.156. The summed E-state index contributed by atoms with van der Waals surface area (Å²) in [5, 5.41) is 1.34. The molecule has 2 aliphatic rings. The molecule has 2 fully saturated rings. The Morgan fingerprint density at radius 1 is 1.03 bits per heavy atom. The number of aryl methyl sites for hydroxylation is 1. The first-order valence-corrected chi connectivity index (χ1v) is 11.5. The zero-order valence-corrected chi connectivity index (χ0v) is 18.6. The van der Waals surface area contributed by atoms with E-state index in [1.807, 2.05) is 18.7 Å². The predicted molar refractivity (Wildman–Crippen MR) is 119 cm³/mol. The molecule has 0 aliphatic carbocycles. The van der Waals surface area contributed by atoms with Crippen molar-refractivity contribution in [2.24, 2.45) is 7.05 Å². The number of hydrogen-bond donors (Lipinski definition) is 0. The number of carbonyl (C=O) groups is 1. The number of amides is 1. The Morgan fingerprint density at radius 2 is 1.77 bits per heavy atom. The van der Waals surface area contributed by atoms with Gasteiger partial charge in [0.2, 0.25) is 0 Å². The summed E-state index contributed by atoms with van der Waals surface area (Å²) in [7, 11) is 2.14. The zero-order chi connectivity index (χ0) is 21.1. The van der Waals surface area contributed by atoms with Gasteiger partial charge in [-0.3, -0.25) is 0 Å². The number of nitrogens with zero attached hydrogens (tertiary/aromatic N) is 3. The molecule has 3 heterocycles. The summed E-state index contributed by atoms with van der Waals surface area (Å²) in [5.41, 5.74) is 2.74. The quantitative estimate of drug-likeness (QED) is 0.730. The third kappa shape index (κ3) is 4.29. The summed E-state index contributed by atoms with van der Waals surface area (Å²) >= 11 is 0. The number of aromatic nitrogens is 1.